The molecule has 0 bridgehead atoms. The van der Waals surface area contributed by atoms with Crippen molar-refractivity contribution in [2.75, 3.05) is 11.9 Å². The molecular weight excluding hydrogens is 298 g/mol. The van der Waals surface area contributed by atoms with Gasteiger partial charge in [0.1, 0.15) is 5.75 Å². The summed E-state index contributed by atoms with van der Waals surface area (Å²) in [5.74, 6) is 0.700. The molecule has 22 heavy (non-hydrogen) atoms. The van der Waals surface area contributed by atoms with Gasteiger partial charge >= 0.3 is 0 Å². The first-order chi connectivity index (χ1) is 10.6. The summed E-state index contributed by atoms with van der Waals surface area (Å²) in [7, 11) is 0. The molecular formula is C18H20ClNO2. The Hall–Kier alpha value is -2.00. The third-order valence-electron chi connectivity index (χ3n) is 3.57. The van der Waals surface area contributed by atoms with E-state index >= 15 is 0 Å². The van der Waals surface area contributed by atoms with Crippen LogP contribution in [0.1, 0.15) is 31.7 Å². The molecule has 0 aromatic heterocycles. The molecule has 0 spiro atoms. The van der Waals surface area contributed by atoms with Gasteiger partial charge in [-0.2, -0.15) is 0 Å². The van der Waals surface area contributed by atoms with Crippen LogP contribution in [0.3, 0.4) is 0 Å². The molecule has 0 radical (unpaired) electrons. The lowest BCUT2D eigenvalue weighted by Gasteiger charge is -2.16. The Morgan fingerprint density at radius 1 is 1.18 bits per heavy atom. The van der Waals surface area contributed by atoms with Crippen molar-refractivity contribution in [2.45, 2.75) is 26.2 Å². The van der Waals surface area contributed by atoms with E-state index in [2.05, 4.69) is 19.2 Å². The van der Waals surface area contributed by atoms with Gasteiger partial charge in [-0.3, -0.25) is 4.79 Å². The molecule has 0 unspecified atom stereocenters. The zero-order valence-electron chi connectivity index (χ0n) is 12.8. The molecule has 1 atom stereocenters. The summed E-state index contributed by atoms with van der Waals surface area (Å²) in [4.78, 5) is 12.1. The second-order valence-electron chi connectivity index (χ2n) is 5.16. The van der Waals surface area contributed by atoms with Crippen molar-refractivity contribution in [3.63, 3.8) is 0 Å². The van der Waals surface area contributed by atoms with Gasteiger partial charge in [0.2, 0.25) is 0 Å². The van der Waals surface area contributed by atoms with Gasteiger partial charge < -0.3 is 10.1 Å². The molecule has 3 nitrogen and oxygen atoms in total. The fourth-order valence-corrected chi connectivity index (χ4v) is 2.34. The zero-order chi connectivity index (χ0) is 15.9. The number of benzene rings is 2. The summed E-state index contributed by atoms with van der Waals surface area (Å²) in [5, 5.41) is 3.40. The molecule has 0 aliphatic carbocycles. The number of amides is 1. The number of rotatable bonds is 6. The second kappa shape index (κ2) is 7.85. The summed E-state index contributed by atoms with van der Waals surface area (Å²) in [6, 6.07) is 15.0. The molecule has 2 rings (SSSR count). The Morgan fingerprint density at radius 2 is 1.86 bits per heavy atom. The van der Waals surface area contributed by atoms with Gasteiger partial charge in [0, 0.05) is 5.69 Å². The minimum absolute atomic E-state index is 0.0709. The van der Waals surface area contributed by atoms with Gasteiger partial charge in [-0.15, -0.1) is 0 Å². The zero-order valence-corrected chi connectivity index (χ0v) is 13.6. The van der Waals surface area contributed by atoms with Crippen LogP contribution in [0.2, 0.25) is 5.02 Å². The average Bonchev–Trinajstić information content (AvgIpc) is 2.54. The third-order valence-corrected chi connectivity index (χ3v) is 3.89. The van der Waals surface area contributed by atoms with Crippen molar-refractivity contribution in [1.82, 2.24) is 0 Å². The third kappa shape index (κ3) is 4.25. The molecule has 116 valence electrons. The van der Waals surface area contributed by atoms with Crippen LogP contribution in [0.4, 0.5) is 5.69 Å². The monoisotopic (exact) mass is 317 g/mol. The van der Waals surface area contributed by atoms with E-state index in [4.69, 9.17) is 16.3 Å². The van der Waals surface area contributed by atoms with E-state index in [1.54, 1.807) is 12.1 Å². The number of hydrogen-bond acceptors (Lipinski definition) is 2. The summed E-state index contributed by atoms with van der Waals surface area (Å²) in [6.07, 6.45) is 1.02. The number of carbonyl (C=O) groups is 1. The normalized spacial score (nSPS) is 11.8. The lowest BCUT2D eigenvalue weighted by molar-refractivity contribution is -0.118. The number of hydrogen-bond donors (Lipinski definition) is 1. The number of halogens is 1. The van der Waals surface area contributed by atoms with Crippen LogP contribution in [0.25, 0.3) is 0 Å². The summed E-state index contributed by atoms with van der Waals surface area (Å²) >= 11 is 6.00. The predicted molar refractivity (Wildman–Crippen MR) is 90.7 cm³/mol. The van der Waals surface area contributed by atoms with Crippen molar-refractivity contribution in [2.24, 2.45) is 0 Å². The van der Waals surface area contributed by atoms with Gasteiger partial charge in [0.15, 0.2) is 6.61 Å². The number of carbonyl (C=O) groups excluding carboxylic acids is 1. The highest BCUT2D eigenvalue weighted by molar-refractivity contribution is 6.32. The van der Waals surface area contributed by atoms with Crippen LogP contribution >= 0.6 is 11.6 Å². The number of ether oxygens (including phenoxy) is 1. The van der Waals surface area contributed by atoms with Crippen molar-refractivity contribution in [3.8, 4) is 5.75 Å². The fraction of sp³-hybridized carbons (Fsp3) is 0.278. The van der Waals surface area contributed by atoms with E-state index in [0.717, 1.165) is 17.7 Å². The minimum Gasteiger partial charge on any atom is -0.482 e. The molecule has 4 heteroatoms. The Balaban J connectivity index is 1.99. The van der Waals surface area contributed by atoms with E-state index in [-0.39, 0.29) is 12.5 Å². The number of nitrogens with one attached hydrogen (secondary N) is 1. The average molecular weight is 318 g/mol. The van der Waals surface area contributed by atoms with Crippen LogP contribution in [0.5, 0.6) is 5.75 Å². The lowest BCUT2D eigenvalue weighted by Crippen LogP contribution is -2.21. The maximum Gasteiger partial charge on any atom is 0.262 e. The second-order valence-corrected chi connectivity index (χ2v) is 5.57. The van der Waals surface area contributed by atoms with E-state index in [1.807, 2.05) is 36.4 Å². The van der Waals surface area contributed by atoms with Crippen LogP contribution in [0, 0.1) is 0 Å². The molecule has 2 aromatic rings. The molecule has 0 aliphatic heterocycles. The Morgan fingerprint density at radius 3 is 2.59 bits per heavy atom. The maximum atomic E-state index is 12.1. The molecule has 2 aromatic carbocycles. The Labute approximate surface area is 136 Å². The van der Waals surface area contributed by atoms with Gasteiger partial charge in [-0.25, -0.2) is 0 Å². The molecule has 0 heterocycles. The van der Waals surface area contributed by atoms with Crippen LogP contribution in [-0.2, 0) is 4.79 Å². The standard InChI is InChI=1S/C18H20ClNO2/c1-3-13(2)14-8-4-6-10-16(14)20-18(21)12-22-17-11-7-5-9-15(17)19/h4-11,13H,3,12H2,1-2H3,(H,20,21)/t13-/m1/s1. The number of para-hydroxylation sites is 2. The quantitative estimate of drug-likeness (QED) is 0.825. The Kier molecular flexibility index (Phi) is 5.84. The molecule has 0 aliphatic rings. The highest BCUT2D eigenvalue weighted by Gasteiger charge is 2.11. The smallest absolute Gasteiger partial charge is 0.262 e. The van der Waals surface area contributed by atoms with Crippen LogP contribution in [0.15, 0.2) is 48.5 Å². The molecule has 1 N–H and O–H groups in total. The topological polar surface area (TPSA) is 38.3 Å². The minimum atomic E-state index is -0.198. The van der Waals surface area contributed by atoms with Crippen LogP contribution < -0.4 is 10.1 Å². The van der Waals surface area contributed by atoms with Gasteiger partial charge in [0.05, 0.1) is 5.02 Å². The summed E-state index contributed by atoms with van der Waals surface area (Å²) in [6.45, 7) is 4.20. The van der Waals surface area contributed by atoms with Crippen molar-refractivity contribution in [1.29, 1.82) is 0 Å². The highest BCUT2D eigenvalue weighted by Crippen LogP contribution is 2.27. The van der Waals surface area contributed by atoms with Gasteiger partial charge in [-0.05, 0) is 36.1 Å². The maximum absolute atomic E-state index is 12.1. The van der Waals surface area contributed by atoms with E-state index < -0.39 is 0 Å². The van der Waals surface area contributed by atoms with Gasteiger partial charge in [0.25, 0.3) is 5.91 Å². The molecule has 0 saturated carbocycles. The van der Waals surface area contributed by atoms with E-state index in [0.29, 0.717) is 16.7 Å². The lowest BCUT2D eigenvalue weighted by atomic mass is 9.97. The highest BCUT2D eigenvalue weighted by atomic mass is 35.5. The SMILES string of the molecule is CC[C@@H](C)c1ccccc1NC(=O)COc1ccccc1Cl. The van der Waals surface area contributed by atoms with Crippen molar-refractivity contribution < 1.29 is 9.53 Å². The van der Waals surface area contributed by atoms with E-state index in [1.165, 1.54) is 0 Å². The van der Waals surface area contributed by atoms with Gasteiger partial charge in [-0.1, -0.05) is 55.8 Å². The van der Waals surface area contributed by atoms with Crippen LogP contribution in [-0.4, -0.2) is 12.5 Å². The molecule has 1 amide bonds. The first kappa shape index (κ1) is 16.4. The largest absolute Gasteiger partial charge is 0.482 e. The van der Waals surface area contributed by atoms with Crippen molar-refractivity contribution in [3.05, 3.63) is 59.1 Å². The van der Waals surface area contributed by atoms with E-state index in [9.17, 15) is 4.79 Å². The molecule has 0 saturated heterocycles. The first-order valence-corrected chi connectivity index (χ1v) is 7.75. The fourth-order valence-electron chi connectivity index (χ4n) is 2.15. The van der Waals surface area contributed by atoms with Crippen molar-refractivity contribution >= 4 is 23.2 Å². The molecule has 0 fully saturated rings. The summed E-state index contributed by atoms with van der Waals surface area (Å²) in [5.41, 5.74) is 1.97. The Bertz CT molecular complexity index is 642. The first-order valence-electron chi connectivity index (χ1n) is 7.38. The number of anilines is 1. The summed E-state index contributed by atoms with van der Waals surface area (Å²) < 4.78 is 5.45. The predicted octanol–water partition coefficient (Wildman–Crippen LogP) is 4.87.